The van der Waals surface area contributed by atoms with E-state index in [1.165, 1.54) is 25.7 Å². The van der Waals surface area contributed by atoms with Crippen LogP contribution in [0.4, 0.5) is 4.39 Å². The number of piperidine rings is 1. The SMILES string of the molecule is CC(C)CC1(CN2CCCC[C@@H]2F)CC1. The number of halogens is 1. The highest BCUT2D eigenvalue weighted by molar-refractivity contribution is 4.96. The maximum absolute atomic E-state index is 13.7. The molecule has 1 nitrogen and oxygen atoms in total. The Morgan fingerprint density at radius 2 is 2.07 bits per heavy atom. The maximum Gasteiger partial charge on any atom is 0.153 e. The lowest BCUT2D eigenvalue weighted by molar-refractivity contribution is 0.0263. The molecule has 1 heterocycles. The maximum atomic E-state index is 13.7. The molecule has 2 aliphatic rings. The first-order valence-corrected chi connectivity index (χ1v) is 6.49. The molecule has 2 fully saturated rings. The van der Waals surface area contributed by atoms with Gasteiger partial charge in [0.05, 0.1) is 0 Å². The van der Waals surface area contributed by atoms with Gasteiger partial charge in [-0.25, -0.2) is 4.39 Å². The highest BCUT2D eigenvalue weighted by Crippen LogP contribution is 2.51. The van der Waals surface area contributed by atoms with E-state index in [0.717, 1.165) is 31.8 Å². The average Bonchev–Trinajstić information content (AvgIpc) is 2.88. The Balaban J connectivity index is 1.84. The second-order valence-electron chi connectivity index (χ2n) is 6.00. The van der Waals surface area contributed by atoms with Gasteiger partial charge in [-0.3, -0.25) is 4.90 Å². The minimum atomic E-state index is -0.650. The van der Waals surface area contributed by atoms with Crippen LogP contribution in [0, 0.1) is 11.3 Å². The van der Waals surface area contributed by atoms with E-state index < -0.39 is 6.30 Å². The van der Waals surface area contributed by atoms with Gasteiger partial charge in [0, 0.05) is 13.1 Å². The molecule has 0 aromatic carbocycles. The Kier molecular flexibility index (Phi) is 3.34. The number of nitrogens with zero attached hydrogens (tertiary/aromatic N) is 1. The highest BCUT2D eigenvalue weighted by atomic mass is 19.1. The largest absolute Gasteiger partial charge is 0.273 e. The lowest BCUT2D eigenvalue weighted by Gasteiger charge is -2.34. The standard InChI is InChI=1S/C13H24FN/c1-11(2)9-13(6-7-13)10-15-8-4-3-5-12(15)14/h11-12H,3-10H2,1-2H3/t12-/m1/s1. The van der Waals surface area contributed by atoms with Crippen LogP contribution in [0.25, 0.3) is 0 Å². The molecule has 0 aromatic heterocycles. The van der Waals surface area contributed by atoms with E-state index >= 15 is 0 Å². The van der Waals surface area contributed by atoms with Crippen molar-refractivity contribution in [2.24, 2.45) is 11.3 Å². The van der Waals surface area contributed by atoms with Crippen molar-refractivity contribution >= 4 is 0 Å². The van der Waals surface area contributed by atoms with Crippen LogP contribution in [0.15, 0.2) is 0 Å². The van der Waals surface area contributed by atoms with Gasteiger partial charge in [-0.2, -0.15) is 0 Å². The van der Waals surface area contributed by atoms with Crippen LogP contribution in [0.1, 0.15) is 52.4 Å². The monoisotopic (exact) mass is 213 g/mol. The molecule has 0 amide bonds. The van der Waals surface area contributed by atoms with E-state index in [0.29, 0.717) is 5.41 Å². The second kappa shape index (κ2) is 4.40. The molecule has 0 bridgehead atoms. The van der Waals surface area contributed by atoms with Crippen LogP contribution in [0.5, 0.6) is 0 Å². The summed E-state index contributed by atoms with van der Waals surface area (Å²) >= 11 is 0. The topological polar surface area (TPSA) is 3.24 Å². The first-order valence-electron chi connectivity index (χ1n) is 6.49. The van der Waals surface area contributed by atoms with Crippen molar-refractivity contribution < 1.29 is 4.39 Å². The van der Waals surface area contributed by atoms with Gasteiger partial charge < -0.3 is 0 Å². The number of rotatable bonds is 4. The number of likely N-dealkylation sites (tertiary alicyclic amines) is 1. The van der Waals surface area contributed by atoms with Gasteiger partial charge in [-0.05, 0) is 49.9 Å². The van der Waals surface area contributed by atoms with Gasteiger partial charge >= 0.3 is 0 Å². The molecule has 88 valence electrons. The van der Waals surface area contributed by atoms with Crippen molar-refractivity contribution in [3.63, 3.8) is 0 Å². The normalized spacial score (nSPS) is 30.8. The van der Waals surface area contributed by atoms with Gasteiger partial charge in [0.1, 0.15) is 0 Å². The molecular weight excluding hydrogens is 189 g/mol. The molecule has 0 N–H and O–H groups in total. The molecule has 1 aliphatic carbocycles. The molecule has 1 saturated heterocycles. The summed E-state index contributed by atoms with van der Waals surface area (Å²) in [7, 11) is 0. The third-order valence-electron chi connectivity index (χ3n) is 3.87. The number of hydrogen-bond acceptors (Lipinski definition) is 1. The van der Waals surface area contributed by atoms with E-state index in [4.69, 9.17) is 0 Å². The summed E-state index contributed by atoms with van der Waals surface area (Å²) in [6.07, 6.45) is 6.33. The molecule has 1 aliphatic heterocycles. The van der Waals surface area contributed by atoms with Crippen molar-refractivity contribution in [2.45, 2.75) is 58.7 Å². The average molecular weight is 213 g/mol. The summed E-state index contributed by atoms with van der Waals surface area (Å²) in [6, 6.07) is 0. The predicted octanol–water partition coefficient (Wildman–Crippen LogP) is 3.59. The zero-order valence-electron chi connectivity index (χ0n) is 10.1. The van der Waals surface area contributed by atoms with Gasteiger partial charge in [0.15, 0.2) is 6.30 Å². The molecule has 1 atom stereocenters. The Morgan fingerprint density at radius 3 is 2.60 bits per heavy atom. The molecule has 2 heteroatoms. The summed E-state index contributed by atoms with van der Waals surface area (Å²) < 4.78 is 13.7. The molecular formula is C13H24FN. The Hall–Kier alpha value is -0.110. The van der Waals surface area contributed by atoms with Gasteiger partial charge in [-0.15, -0.1) is 0 Å². The minimum absolute atomic E-state index is 0.496. The summed E-state index contributed by atoms with van der Waals surface area (Å²) in [5, 5.41) is 0. The van der Waals surface area contributed by atoms with Crippen LogP contribution < -0.4 is 0 Å². The Bertz CT molecular complexity index is 211. The molecule has 0 radical (unpaired) electrons. The van der Waals surface area contributed by atoms with Crippen LogP contribution in [0.2, 0.25) is 0 Å². The van der Waals surface area contributed by atoms with E-state index in [1.807, 2.05) is 0 Å². The fraction of sp³-hybridized carbons (Fsp3) is 1.00. The third kappa shape index (κ3) is 2.93. The lowest BCUT2D eigenvalue weighted by Crippen LogP contribution is -2.40. The van der Waals surface area contributed by atoms with Crippen molar-refractivity contribution in [1.82, 2.24) is 4.90 Å². The van der Waals surface area contributed by atoms with E-state index in [9.17, 15) is 4.39 Å². The van der Waals surface area contributed by atoms with E-state index in [1.54, 1.807) is 0 Å². The number of hydrogen-bond donors (Lipinski definition) is 0. The Morgan fingerprint density at radius 1 is 1.33 bits per heavy atom. The first kappa shape index (κ1) is 11.4. The minimum Gasteiger partial charge on any atom is -0.273 e. The van der Waals surface area contributed by atoms with E-state index in [-0.39, 0.29) is 0 Å². The highest BCUT2D eigenvalue weighted by Gasteiger charge is 2.45. The van der Waals surface area contributed by atoms with Crippen molar-refractivity contribution in [3.05, 3.63) is 0 Å². The second-order valence-corrected chi connectivity index (χ2v) is 6.00. The van der Waals surface area contributed by atoms with Gasteiger partial charge in [-0.1, -0.05) is 13.8 Å². The van der Waals surface area contributed by atoms with Crippen molar-refractivity contribution in [2.75, 3.05) is 13.1 Å². The van der Waals surface area contributed by atoms with Gasteiger partial charge in [0.25, 0.3) is 0 Å². The zero-order chi connectivity index (χ0) is 10.9. The molecule has 0 unspecified atom stereocenters. The fourth-order valence-corrected chi connectivity index (χ4v) is 3.03. The van der Waals surface area contributed by atoms with E-state index in [2.05, 4.69) is 18.7 Å². The molecule has 0 spiro atoms. The quantitative estimate of drug-likeness (QED) is 0.645. The third-order valence-corrected chi connectivity index (χ3v) is 3.87. The van der Waals surface area contributed by atoms with Gasteiger partial charge in [0.2, 0.25) is 0 Å². The molecule has 1 saturated carbocycles. The molecule has 15 heavy (non-hydrogen) atoms. The summed E-state index contributed by atoms with van der Waals surface area (Å²) in [4.78, 5) is 2.10. The van der Waals surface area contributed by atoms with Crippen molar-refractivity contribution in [1.29, 1.82) is 0 Å². The molecule has 0 aromatic rings. The lowest BCUT2D eigenvalue weighted by atomic mass is 9.93. The van der Waals surface area contributed by atoms with Crippen molar-refractivity contribution in [3.8, 4) is 0 Å². The van der Waals surface area contributed by atoms with Crippen LogP contribution >= 0.6 is 0 Å². The van der Waals surface area contributed by atoms with Crippen LogP contribution in [0.3, 0.4) is 0 Å². The smallest absolute Gasteiger partial charge is 0.153 e. The summed E-state index contributed by atoms with van der Waals surface area (Å²) in [5.41, 5.74) is 0.496. The predicted molar refractivity (Wildman–Crippen MR) is 61.4 cm³/mol. The number of alkyl halides is 1. The van der Waals surface area contributed by atoms with Crippen LogP contribution in [-0.2, 0) is 0 Å². The summed E-state index contributed by atoms with van der Waals surface area (Å²) in [5.74, 6) is 0.760. The molecule has 2 rings (SSSR count). The summed E-state index contributed by atoms with van der Waals surface area (Å²) in [6.45, 7) is 6.57. The first-order chi connectivity index (χ1) is 7.11. The Labute approximate surface area is 93.0 Å². The van der Waals surface area contributed by atoms with Crippen LogP contribution in [-0.4, -0.2) is 24.3 Å². The fourth-order valence-electron chi connectivity index (χ4n) is 3.03. The zero-order valence-corrected chi connectivity index (χ0v) is 10.1.